The van der Waals surface area contributed by atoms with Gasteiger partial charge >= 0.3 is 0 Å². The van der Waals surface area contributed by atoms with Crippen LogP contribution in [0.1, 0.15) is 57.9 Å². The average molecular weight is 1600 g/mol. The van der Waals surface area contributed by atoms with Crippen LogP contribution in [0.25, 0.3) is 0 Å². The Kier molecular flexibility index (Phi) is 46.8. The molecule has 103 heavy (non-hydrogen) atoms. The highest BCUT2D eigenvalue weighted by Crippen LogP contribution is 2.25. The van der Waals surface area contributed by atoms with Crippen LogP contribution in [0.5, 0.6) is 5.75 Å². The summed E-state index contributed by atoms with van der Waals surface area (Å²) in [5, 5.41) is 109. The lowest BCUT2D eigenvalue weighted by atomic mass is 9.97. The van der Waals surface area contributed by atoms with Crippen LogP contribution in [-0.4, -0.2) is 357 Å². The first kappa shape index (κ1) is 90.7. The fourth-order valence-corrected chi connectivity index (χ4v) is 10.6. The summed E-state index contributed by atoms with van der Waals surface area (Å²) in [7, 11) is 0. The molecule has 3 aliphatic rings. The number of rotatable bonds is 57. The second kappa shape index (κ2) is 53.1. The van der Waals surface area contributed by atoms with Crippen molar-refractivity contribution in [1.82, 2.24) is 37.2 Å². The summed E-state index contributed by atoms with van der Waals surface area (Å²) in [5.74, 6) is -2.09. The van der Waals surface area contributed by atoms with Gasteiger partial charge in [-0.05, 0) is 24.1 Å². The molecule has 0 bridgehead atoms. The van der Waals surface area contributed by atoms with E-state index < -0.39 is 141 Å². The zero-order valence-corrected chi connectivity index (χ0v) is 60.5. The van der Waals surface area contributed by atoms with Gasteiger partial charge in [-0.15, -0.1) is 0 Å². The van der Waals surface area contributed by atoms with Crippen LogP contribution in [0.4, 0.5) is 0 Å². The van der Waals surface area contributed by atoms with E-state index in [2.05, 4.69) is 37.2 Å². The van der Waals surface area contributed by atoms with E-state index in [0.717, 1.165) is 5.56 Å². The number of aliphatic hydroxyl groups is 9. The van der Waals surface area contributed by atoms with Gasteiger partial charge in [0.15, 0.2) is 41.9 Å². The Morgan fingerprint density at radius 2 is 0.874 bits per heavy atom. The molecule has 39 heteroatoms. The topological polar surface area (TPSA) is 524 Å². The van der Waals surface area contributed by atoms with E-state index in [1.165, 1.54) is 13.8 Å². The maximum Gasteiger partial charge on any atom is 0.222 e. The lowest BCUT2D eigenvalue weighted by Crippen LogP contribution is -2.64. The number of Topliss-reactive ketones (excluding diaryl/α,β-unsaturated/α-hetero) is 1. The number of carbonyl (C=O) groups excluding carboxylic acids is 7. The molecule has 0 spiro atoms. The van der Waals surface area contributed by atoms with Gasteiger partial charge in [0.05, 0.1) is 158 Å². The standard InChI is InChI=1S/C64H108IN7O31/c1-41(76)70-55-60(87)58(85)48(36-74)101-62(55)98-31-28-92-23-15-68-51(81)10-19-95-39-64(38-94-17-9-44(78)34-66-13-21-90-27-30-97-54-33-46(79)57(84)47(35-73)100-54,72-53(83)12-18-89-25-26-91-22-14-67-50(80)8-5-43-3-6-45(103-65)7-4-43)40-96-20-11-52(82)69-16-24-93-29-32-99-63-56(71-42(2)77)61(88)59(86)49(37-75)102-63/h3-4,6-7,46-49,54-63,66,73-75,79,84-88H,5,8-40H2,1-2H3,(H,67,80)(H,68,81)(H,69,82)(H,70,76)(H,71,77)(H,72,83)/t46-,47-,48-,49-,54-,55-,56-,57-,58+,59+,60-,61-,62-,63-/m1/s1. The average Bonchev–Trinajstić information content (AvgIpc) is 0.804. The number of ketones is 1. The zero-order valence-electron chi connectivity index (χ0n) is 58.3. The van der Waals surface area contributed by atoms with Crippen LogP contribution < -0.4 is 40.3 Å². The number of hydrogen-bond donors (Lipinski definition) is 16. The van der Waals surface area contributed by atoms with Gasteiger partial charge in [0.25, 0.3) is 0 Å². The van der Waals surface area contributed by atoms with Gasteiger partial charge in [0.2, 0.25) is 35.4 Å². The van der Waals surface area contributed by atoms with Gasteiger partial charge in [0, 0.05) is 78.6 Å². The molecule has 3 saturated heterocycles. The van der Waals surface area contributed by atoms with Gasteiger partial charge in [-0.1, -0.05) is 12.1 Å². The zero-order chi connectivity index (χ0) is 75.2. The summed E-state index contributed by atoms with van der Waals surface area (Å²) in [4.78, 5) is 88.8. The molecule has 0 aliphatic carbocycles. The Labute approximate surface area is 611 Å². The highest BCUT2D eigenvalue weighted by molar-refractivity contribution is 14.1. The minimum absolute atomic E-state index is 0.0104. The SMILES string of the molecule is CC(=O)N[C@H]1[C@H](OCCOCCNC(=O)CCOCC(COCCC(=O)CNCCOCCO[C@H]2C[C@@H](O)[C@@H](O)[C@@H](CO)O2)(COCCC(=O)NCCOCCO[C@@H]2O[C@H](CO)[C@H](O)[C@H](O)[C@H]2NC(C)=O)NC(=O)CCOCCOCCNC(=O)CCc2ccc(OI)cc2)O[C@H](CO)[C@H](O)[C@@H]1O. The number of ether oxygens (including phenoxy) is 14. The van der Waals surface area contributed by atoms with Crippen LogP contribution in [-0.2, 0) is 106 Å². The van der Waals surface area contributed by atoms with E-state index in [1.807, 2.05) is 24.3 Å². The summed E-state index contributed by atoms with van der Waals surface area (Å²) in [5.41, 5.74) is -0.505. The molecule has 592 valence electrons. The van der Waals surface area contributed by atoms with Crippen molar-refractivity contribution in [3.63, 3.8) is 0 Å². The third kappa shape index (κ3) is 37.1. The monoisotopic (exact) mass is 1600 g/mol. The molecular weight excluding hydrogens is 1490 g/mol. The molecule has 0 radical (unpaired) electrons. The van der Waals surface area contributed by atoms with Gasteiger partial charge in [-0.2, -0.15) is 0 Å². The predicted octanol–water partition coefficient (Wildman–Crippen LogP) is -6.83. The first-order valence-electron chi connectivity index (χ1n) is 34.2. The third-order valence-electron chi connectivity index (χ3n) is 15.7. The molecule has 3 fully saturated rings. The highest BCUT2D eigenvalue weighted by Gasteiger charge is 2.47. The van der Waals surface area contributed by atoms with Crippen LogP contribution >= 0.6 is 23.0 Å². The molecule has 16 N–H and O–H groups in total. The number of aliphatic hydroxyl groups excluding tert-OH is 9. The molecule has 0 saturated carbocycles. The third-order valence-corrected chi connectivity index (χ3v) is 16.2. The molecule has 38 nitrogen and oxygen atoms in total. The summed E-state index contributed by atoms with van der Waals surface area (Å²) >= 11 is 1.79. The maximum atomic E-state index is 13.8. The second-order valence-corrected chi connectivity index (χ2v) is 24.5. The number of aryl methyl sites for hydroxylation is 1. The molecule has 1 aromatic rings. The van der Waals surface area contributed by atoms with E-state index >= 15 is 0 Å². The normalized spacial score (nSPS) is 24.2. The van der Waals surface area contributed by atoms with Crippen LogP contribution in [0.15, 0.2) is 24.3 Å². The van der Waals surface area contributed by atoms with Crippen molar-refractivity contribution >= 4 is 64.2 Å². The second-order valence-electron chi connectivity index (χ2n) is 24.1. The number of benzene rings is 1. The Morgan fingerprint density at radius 3 is 1.34 bits per heavy atom. The quantitative estimate of drug-likeness (QED) is 0.0213. The predicted molar refractivity (Wildman–Crippen MR) is 363 cm³/mol. The van der Waals surface area contributed by atoms with E-state index in [-0.39, 0.29) is 202 Å². The number of halogens is 1. The van der Waals surface area contributed by atoms with Crippen LogP contribution in [0.3, 0.4) is 0 Å². The molecule has 0 unspecified atom stereocenters. The van der Waals surface area contributed by atoms with Crippen LogP contribution in [0.2, 0.25) is 0 Å². The summed E-state index contributed by atoms with van der Waals surface area (Å²) in [6.45, 7) is 0.741. The van der Waals surface area contributed by atoms with Crippen molar-refractivity contribution in [3.05, 3.63) is 29.8 Å². The first-order chi connectivity index (χ1) is 49.6. The van der Waals surface area contributed by atoms with Crippen molar-refractivity contribution < 1.29 is 149 Å². The van der Waals surface area contributed by atoms with Crippen molar-refractivity contribution in [2.75, 3.05) is 178 Å². The van der Waals surface area contributed by atoms with Crippen molar-refractivity contribution in [1.29, 1.82) is 0 Å². The molecule has 14 atom stereocenters. The summed E-state index contributed by atoms with van der Waals surface area (Å²) < 4.78 is 84.6. The van der Waals surface area contributed by atoms with E-state index in [0.29, 0.717) is 18.7 Å². The number of hydrogen-bond acceptors (Lipinski definition) is 32. The van der Waals surface area contributed by atoms with Gasteiger partial charge < -0.3 is 153 Å². The highest BCUT2D eigenvalue weighted by atomic mass is 127. The van der Waals surface area contributed by atoms with Crippen LogP contribution in [0, 0.1) is 0 Å². The molecule has 4 rings (SSSR count). The Hall–Kier alpha value is -4.72. The fraction of sp³-hybridized carbons (Fsp3) is 0.797. The first-order valence-corrected chi connectivity index (χ1v) is 35.1. The Bertz CT molecular complexity index is 2460. The fourth-order valence-electron chi connectivity index (χ4n) is 10.3. The molecule has 3 aliphatic heterocycles. The molecule has 0 aromatic heterocycles. The molecular formula is C64H108IN7O31. The largest absolute Gasteiger partial charge is 0.428 e. The molecule has 3 heterocycles. The Morgan fingerprint density at radius 1 is 0.466 bits per heavy atom. The summed E-state index contributed by atoms with van der Waals surface area (Å²) in [6.07, 6.45) is -14.6. The summed E-state index contributed by atoms with van der Waals surface area (Å²) in [6, 6.07) is 5.14. The maximum absolute atomic E-state index is 13.8. The van der Waals surface area contributed by atoms with Gasteiger partial charge in [0.1, 0.15) is 78.0 Å². The van der Waals surface area contributed by atoms with Gasteiger partial charge in [-0.3, -0.25) is 33.6 Å². The lowest BCUT2D eigenvalue weighted by molar-refractivity contribution is -0.272. The lowest BCUT2D eigenvalue weighted by Gasteiger charge is -2.42. The number of nitrogens with one attached hydrogen (secondary N) is 7. The van der Waals surface area contributed by atoms with Gasteiger partial charge in [-0.25, -0.2) is 0 Å². The minimum atomic E-state index is -1.50. The molecule has 1 aromatic carbocycles. The number of carbonyl (C=O) groups is 7. The number of amides is 6. The van der Waals surface area contributed by atoms with E-state index in [1.54, 1.807) is 23.0 Å². The van der Waals surface area contributed by atoms with Crippen molar-refractivity contribution in [2.45, 2.75) is 150 Å². The molecule has 6 amide bonds. The van der Waals surface area contributed by atoms with E-state index in [9.17, 15) is 79.5 Å². The van der Waals surface area contributed by atoms with E-state index in [4.69, 9.17) is 69.4 Å². The van der Waals surface area contributed by atoms with Crippen molar-refractivity contribution in [3.8, 4) is 5.75 Å². The minimum Gasteiger partial charge on any atom is -0.428 e. The Balaban J connectivity index is 1.30. The smallest absolute Gasteiger partial charge is 0.222 e. The van der Waals surface area contributed by atoms with Crippen molar-refractivity contribution in [2.24, 2.45) is 0 Å².